The van der Waals surface area contributed by atoms with E-state index >= 15 is 0 Å². The van der Waals surface area contributed by atoms with Gasteiger partial charge in [0.2, 0.25) is 5.95 Å². The summed E-state index contributed by atoms with van der Waals surface area (Å²) < 4.78 is 0. The van der Waals surface area contributed by atoms with E-state index in [0.717, 1.165) is 0 Å². The van der Waals surface area contributed by atoms with Gasteiger partial charge in [0, 0.05) is 13.6 Å². The van der Waals surface area contributed by atoms with Gasteiger partial charge in [-0.15, -0.1) is 0 Å². The van der Waals surface area contributed by atoms with Crippen LogP contribution >= 0.6 is 0 Å². The van der Waals surface area contributed by atoms with Gasteiger partial charge in [-0.25, -0.2) is 0 Å². The summed E-state index contributed by atoms with van der Waals surface area (Å²) in [5.41, 5.74) is -0.0655. The standard InChI is InChI=1S/C10H17N5O3/c1-4(16)7(17)5-3-12-8-6(13-5)9(18)15-10(11-2)14-8/h4-5,7,13,16-17H,3H2,1-2H3,(H3,11,12,14,15,18)/t4-,5+,7-/m0/s1. The van der Waals surface area contributed by atoms with Crippen molar-refractivity contribution in [2.75, 3.05) is 29.5 Å². The maximum atomic E-state index is 11.8. The van der Waals surface area contributed by atoms with Crippen molar-refractivity contribution in [1.82, 2.24) is 9.97 Å². The van der Waals surface area contributed by atoms with E-state index in [4.69, 9.17) is 0 Å². The lowest BCUT2D eigenvalue weighted by Gasteiger charge is -2.31. The van der Waals surface area contributed by atoms with Crippen LogP contribution in [0.5, 0.6) is 0 Å². The fourth-order valence-electron chi connectivity index (χ4n) is 1.84. The van der Waals surface area contributed by atoms with Gasteiger partial charge in [0.15, 0.2) is 5.82 Å². The van der Waals surface area contributed by atoms with Crippen LogP contribution in [0.25, 0.3) is 0 Å². The molecule has 100 valence electrons. The first-order valence-electron chi connectivity index (χ1n) is 5.71. The molecule has 1 aliphatic heterocycles. The Hall–Kier alpha value is -1.80. The Bertz CT molecular complexity index is 487. The summed E-state index contributed by atoms with van der Waals surface area (Å²) in [6, 6.07) is -0.444. The lowest BCUT2D eigenvalue weighted by Crippen LogP contribution is -2.48. The van der Waals surface area contributed by atoms with E-state index in [1.165, 1.54) is 6.92 Å². The summed E-state index contributed by atoms with van der Waals surface area (Å²) in [5.74, 6) is 0.791. The molecular formula is C10H17N5O3. The number of nitrogens with one attached hydrogen (secondary N) is 4. The topological polar surface area (TPSA) is 122 Å². The maximum Gasteiger partial charge on any atom is 0.277 e. The molecule has 0 amide bonds. The van der Waals surface area contributed by atoms with Crippen molar-refractivity contribution >= 4 is 17.5 Å². The molecule has 18 heavy (non-hydrogen) atoms. The largest absolute Gasteiger partial charge is 0.391 e. The Balaban J connectivity index is 2.27. The van der Waals surface area contributed by atoms with Gasteiger partial charge in [0.05, 0.1) is 12.1 Å². The number of aromatic amines is 1. The zero-order chi connectivity index (χ0) is 13.3. The van der Waals surface area contributed by atoms with E-state index in [-0.39, 0.29) is 11.2 Å². The molecule has 0 bridgehead atoms. The first-order chi connectivity index (χ1) is 8.52. The SMILES string of the molecule is CNc1nc2c(c(=O)[nH]1)N[C@@H]([C@@H](O)[C@H](C)O)CN2. The molecule has 0 fully saturated rings. The molecule has 1 aliphatic rings. The van der Waals surface area contributed by atoms with E-state index in [1.807, 2.05) is 0 Å². The van der Waals surface area contributed by atoms with Gasteiger partial charge in [0.1, 0.15) is 11.8 Å². The van der Waals surface area contributed by atoms with Crippen molar-refractivity contribution in [3.8, 4) is 0 Å². The normalized spacial score (nSPS) is 21.2. The minimum atomic E-state index is -0.964. The second-order valence-electron chi connectivity index (χ2n) is 4.25. The number of aromatic nitrogens is 2. The number of rotatable bonds is 3. The molecule has 1 aromatic heterocycles. The van der Waals surface area contributed by atoms with Crippen LogP contribution in [0.1, 0.15) is 6.92 Å². The van der Waals surface area contributed by atoms with Crippen molar-refractivity contribution < 1.29 is 10.2 Å². The van der Waals surface area contributed by atoms with E-state index in [0.29, 0.717) is 18.3 Å². The number of hydrogen-bond donors (Lipinski definition) is 6. The predicted molar refractivity (Wildman–Crippen MR) is 68.0 cm³/mol. The highest BCUT2D eigenvalue weighted by Gasteiger charge is 2.29. The monoisotopic (exact) mass is 255 g/mol. The number of nitrogens with zero attached hydrogens (tertiary/aromatic N) is 1. The van der Waals surface area contributed by atoms with Crippen molar-refractivity contribution in [3.05, 3.63) is 10.4 Å². The maximum absolute atomic E-state index is 11.8. The van der Waals surface area contributed by atoms with Gasteiger partial charge in [0.25, 0.3) is 5.56 Å². The molecule has 8 heteroatoms. The molecule has 0 aliphatic carbocycles. The third-order valence-electron chi connectivity index (χ3n) is 2.88. The van der Waals surface area contributed by atoms with Crippen LogP contribution in [0.2, 0.25) is 0 Å². The highest BCUT2D eigenvalue weighted by atomic mass is 16.3. The van der Waals surface area contributed by atoms with Crippen LogP contribution in [0.15, 0.2) is 4.79 Å². The minimum Gasteiger partial charge on any atom is -0.391 e. The van der Waals surface area contributed by atoms with Gasteiger partial charge in [-0.2, -0.15) is 4.98 Å². The van der Waals surface area contributed by atoms with Gasteiger partial charge >= 0.3 is 0 Å². The smallest absolute Gasteiger partial charge is 0.277 e. The number of aliphatic hydroxyl groups is 2. The number of aliphatic hydroxyl groups excluding tert-OH is 2. The zero-order valence-corrected chi connectivity index (χ0v) is 10.2. The summed E-state index contributed by atoms with van der Waals surface area (Å²) in [4.78, 5) is 18.5. The van der Waals surface area contributed by atoms with Crippen LogP contribution in [0.4, 0.5) is 17.5 Å². The molecule has 0 saturated heterocycles. The minimum absolute atomic E-state index is 0.268. The molecule has 2 rings (SSSR count). The highest BCUT2D eigenvalue weighted by Crippen LogP contribution is 2.22. The first-order valence-corrected chi connectivity index (χ1v) is 5.71. The Morgan fingerprint density at radius 1 is 1.50 bits per heavy atom. The molecule has 0 spiro atoms. The molecule has 0 saturated carbocycles. The average Bonchev–Trinajstić information content (AvgIpc) is 2.37. The highest BCUT2D eigenvalue weighted by molar-refractivity contribution is 5.67. The van der Waals surface area contributed by atoms with Crippen molar-refractivity contribution in [2.24, 2.45) is 0 Å². The van der Waals surface area contributed by atoms with Crippen LogP contribution in [-0.2, 0) is 0 Å². The summed E-state index contributed by atoms with van der Waals surface area (Å²) >= 11 is 0. The van der Waals surface area contributed by atoms with E-state index in [9.17, 15) is 15.0 Å². The van der Waals surface area contributed by atoms with E-state index in [2.05, 4.69) is 25.9 Å². The summed E-state index contributed by atoms with van der Waals surface area (Å²) in [7, 11) is 1.65. The number of H-pyrrole nitrogens is 1. The number of fused-ring (bicyclic) bond motifs is 1. The van der Waals surface area contributed by atoms with Gasteiger partial charge in [-0.1, -0.05) is 0 Å². The molecule has 0 unspecified atom stereocenters. The van der Waals surface area contributed by atoms with Crippen molar-refractivity contribution in [1.29, 1.82) is 0 Å². The second-order valence-corrected chi connectivity index (χ2v) is 4.25. The van der Waals surface area contributed by atoms with E-state index < -0.39 is 18.2 Å². The molecule has 6 N–H and O–H groups in total. The van der Waals surface area contributed by atoms with Gasteiger partial charge in [-0.3, -0.25) is 9.78 Å². The fourth-order valence-corrected chi connectivity index (χ4v) is 1.84. The lowest BCUT2D eigenvalue weighted by molar-refractivity contribution is 0.0214. The molecule has 3 atom stereocenters. The Morgan fingerprint density at radius 3 is 2.83 bits per heavy atom. The molecule has 8 nitrogen and oxygen atoms in total. The average molecular weight is 255 g/mol. The van der Waals surface area contributed by atoms with Crippen molar-refractivity contribution in [3.63, 3.8) is 0 Å². The third-order valence-corrected chi connectivity index (χ3v) is 2.88. The first kappa shape index (κ1) is 12.7. The summed E-state index contributed by atoms with van der Waals surface area (Å²) in [6.45, 7) is 1.87. The molecule has 2 heterocycles. The summed E-state index contributed by atoms with van der Waals surface area (Å²) in [5, 5.41) is 27.7. The molecule has 1 aromatic rings. The van der Waals surface area contributed by atoms with Gasteiger partial charge in [-0.05, 0) is 6.92 Å². The fraction of sp³-hybridized carbons (Fsp3) is 0.600. The van der Waals surface area contributed by atoms with Crippen molar-refractivity contribution in [2.45, 2.75) is 25.2 Å². The van der Waals surface area contributed by atoms with Crippen LogP contribution in [0.3, 0.4) is 0 Å². The molecular weight excluding hydrogens is 238 g/mol. The molecule has 0 radical (unpaired) electrons. The number of hydrogen-bond acceptors (Lipinski definition) is 7. The van der Waals surface area contributed by atoms with Gasteiger partial charge < -0.3 is 26.2 Å². The second kappa shape index (κ2) is 4.83. The van der Waals surface area contributed by atoms with Crippen LogP contribution in [0, 0.1) is 0 Å². The number of anilines is 3. The Morgan fingerprint density at radius 2 is 2.22 bits per heavy atom. The van der Waals surface area contributed by atoms with Crippen LogP contribution < -0.4 is 21.5 Å². The van der Waals surface area contributed by atoms with Crippen LogP contribution in [-0.4, -0.2) is 52.0 Å². The zero-order valence-electron chi connectivity index (χ0n) is 10.2. The summed E-state index contributed by atoms with van der Waals surface area (Å²) in [6.07, 6.45) is -1.84. The Kier molecular flexibility index (Phi) is 3.39. The van der Waals surface area contributed by atoms with E-state index in [1.54, 1.807) is 7.05 Å². The quantitative estimate of drug-likeness (QED) is 0.399. The Labute approximate surface area is 103 Å². The lowest BCUT2D eigenvalue weighted by atomic mass is 10.0. The predicted octanol–water partition coefficient (Wildman–Crippen LogP) is -1.24. The third kappa shape index (κ3) is 2.24. The molecule has 0 aromatic carbocycles.